The number of carbonyl (C=O) groups excluding carboxylic acids is 1. The zero-order valence-electron chi connectivity index (χ0n) is 19.5. The largest absolute Gasteiger partial charge is 0.497 e. The first kappa shape index (κ1) is 25.0. The van der Waals surface area contributed by atoms with Gasteiger partial charge in [-0.3, -0.25) is 9.20 Å². The molecule has 1 amide bonds. The molecule has 0 saturated heterocycles. The zero-order valence-corrected chi connectivity index (χ0v) is 22.7. The molecule has 0 aliphatic rings. The van der Waals surface area contributed by atoms with Gasteiger partial charge >= 0.3 is 0 Å². The number of nitrogens with zero attached hydrogens (tertiary/aromatic N) is 2. The van der Waals surface area contributed by atoms with Crippen molar-refractivity contribution in [2.45, 2.75) is 20.8 Å². The normalized spacial score (nSPS) is 11.1. The summed E-state index contributed by atoms with van der Waals surface area (Å²) >= 11 is 7.27. The number of halogens is 3. The van der Waals surface area contributed by atoms with Crippen molar-refractivity contribution in [1.82, 2.24) is 9.38 Å². The van der Waals surface area contributed by atoms with Gasteiger partial charge in [-0.1, -0.05) is 15.9 Å². The molecule has 0 aliphatic carbocycles. The first-order valence-electron chi connectivity index (χ1n) is 10.6. The van der Waals surface area contributed by atoms with Crippen molar-refractivity contribution in [2.75, 3.05) is 19.0 Å². The molecule has 2 aromatic carbocycles. The van der Waals surface area contributed by atoms with Crippen LogP contribution < -0.4 is 20.5 Å². The van der Waals surface area contributed by atoms with Gasteiger partial charge in [-0.25, -0.2) is 9.37 Å². The molecule has 0 spiro atoms. The maximum Gasteiger partial charge on any atom is 0.255 e. The van der Waals surface area contributed by atoms with Gasteiger partial charge in [-0.05, 0) is 77.7 Å². The zero-order chi connectivity index (χ0) is 25.4. The van der Waals surface area contributed by atoms with Gasteiger partial charge in [0.15, 0.2) is 6.61 Å². The monoisotopic (exact) mass is 604 g/mol. The molecule has 2 aromatic heterocycles. The van der Waals surface area contributed by atoms with Crippen molar-refractivity contribution in [2.24, 2.45) is 5.73 Å². The number of amides is 1. The van der Waals surface area contributed by atoms with E-state index in [0.717, 1.165) is 31.3 Å². The van der Waals surface area contributed by atoms with Gasteiger partial charge in [-0.2, -0.15) is 0 Å². The first-order chi connectivity index (χ1) is 16.6. The predicted molar refractivity (Wildman–Crippen MR) is 141 cm³/mol. The van der Waals surface area contributed by atoms with Crippen molar-refractivity contribution in [3.05, 3.63) is 68.0 Å². The van der Waals surface area contributed by atoms with Crippen molar-refractivity contribution in [1.29, 1.82) is 0 Å². The Hall–Kier alpha value is -3.11. The summed E-state index contributed by atoms with van der Waals surface area (Å²) in [5, 5.41) is 3.46. The lowest BCUT2D eigenvalue weighted by atomic mass is 10.0. The van der Waals surface area contributed by atoms with Gasteiger partial charge in [0, 0.05) is 26.8 Å². The van der Waals surface area contributed by atoms with Gasteiger partial charge in [0.2, 0.25) is 0 Å². The summed E-state index contributed by atoms with van der Waals surface area (Å²) < 4.78 is 29.0. The van der Waals surface area contributed by atoms with Crippen LogP contribution in [0.5, 0.6) is 11.5 Å². The first-order valence-corrected chi connectivity index (χ1v) is 12.2. The number of hydrogen-bond acceptors (Lipinski definition) is 5. The van der Waals surface area contributed by atoms with E-state index >= 15 is 0 Å². The highest BCUT2D eigenvalue weighted by atomic mass is 79.9. The summed E-state index contributed by atoms with van der Waals surface area (Å²) in [6.45, 7) is 5.52. The van der Waals surface area contributed by atoms with E-state index in [4.69, 9.17) is 20.2 Å². The fraction of sp³-hybridized carbons (Fsp3) is 0.200. The number of methoxy groups -OCH3 is 1. The number of pyridine rings is 1. The number of rotatable bonds is 7. The summed E-state index contributed by atoms with van der Waals surface area (Å²) in [6, 6.07) is 8.47. The molecule has 3 N–H and O–H groups in total. The Morgan fingerprint density at radius 3 is 2.60 bits per heavy atom. The van der Waals surface area contributed by atoms with E-state index in [-0.39, 0.29) is 6.61 Å². The Bertz CT molecular complexity index is 1470. The molecule has 0 radical (unpaired) electrons. The molecule has 4 rings (SSSR count). The Morgan fingerprint density at radius 2 is 1.91 bits per heavy atom. The molecular formula is C25H23Br2FN4O3. The quantitative estimate of drug-likeness (QED) is 0.261. The van der Waals surface area contributed by atoms with E-state index < -0.39 is 11.7 Å². The van der Waals surface area contributed by atoms with Crippen LogP contribution >= 0.6 is 31.9 Å². The minimum Gasteiger partial charge on any atom is -0.497 e. The summed E-state index contributed by atoms with van der Waals surface area (Å²) in [4.78, 5) is 16.3. The van der Waals surface area contributed by atoms with Crippen LogP contribution in [0.4, 0.5) is 15.9 Å². The van der Waals surface area contributed by atoms with Crippen LogP contribution in [0, 0.1) is 26.6 Å². The number of benzene rings is 2. The Labute approximate surface area is 218 Å². The van der Waals surface area contributed by atoms with E-state index in [1.807, 2.05) is 32.9 Å². The molecule has 0 unspecified atom stereocenters. The predicted octanol–water partition coefficient (Wildman–Crippen LogP) is 6.21. The van der Waals surface area contributed by atoms with Crippen LogP contribution in [0.25, 0.3) is 16.9 Å². The van der Waals surface area contributed by atoms with Gasteiger partial charge in [0.05, 0.1) is 12.8 Å². The molecule has 35 heavy (non-hydrogen) atoms. The average Bonchev–Trinajstić information content (AvgIpc) is 3.15. The lowest BCUT2D eigenvalue weighted by Gasteiger charge is -2.18. The minimum absolute atomic E-state index is 0.319. The molecule has 10 heteroatoms. The van der Waals surface area contributed by atoms with E-state index in [2.05, 4.69) is 37.2 Å². The molecule has 0 bridgehead atoms. The Morgan fingerprint density at radius 1 is 1.17 bits per heavy atom. The van der Waals surface area contributed by atoms with Crippen molar-refractivity contribution in [3.63, 3.8) is 0 Å². The summed E-state index contributed by atoms with van der Waals surface area (Å²) in [5.41, 5.74) is 10.6. The van der Waals surface area contributed by atoms with Crippen LogP contribution in [0.3, 0.4) is 0 Å². The Balaban J connectivity index is 2.00. The number of nitrogens with two attached hydrogens (primary N) is 1. The molecule has 4 aromatic rings. The molecule has 0 saturated carbocycles. The third-order valence-corrected chi connectivity index (χ3v) is 7.40. The fourth-order valence-corrected chi connectivity index (χ4v) is 5.26. The average molecular weight is 606 g/mol. The van der Waals surface area contributed by atoms with Gasteiger partial charge in [0.25, 0.3) is 5.91 Å². The molecule has 7 nitrogen and oxygen atoms in total. The van der Waals surface area contributed by atoms with Crippen LogP contribution in [0.1, 0.15) is 16.7 Å². The number of imidazole rings is 1. The number of anilines is 2. The van der Waals surface area contributed by atoms with Crippen molar-refractivity contribution in [3.8, 4) is 22.8 Å². The number of nitrogens with one attached hydrogen (secondary N) is 1. The lowest BCUT2D eigenvalue weighted by Crippen LogP contribution is -2.20. The second kappa shape index (κ2) is 9.87. The second-order valence-electron chi connectivity index (χ2n) is 8.07. The molecule has 182 valence electrons. The van der Waals surface area contributed by atoms with Crippen molar-refractivity contribution >= 4 is 54.9 Å². The van der Waals surface area contributed by atoms with E-state index in [1.165, 1.54) is 12.3 Å². The number of hydrogen-bond donors (Lipinski definition) is 2. The molecular weight excluding hydrogens is 583 g/mol. The highest BCUT2D eigenvalue weighted by Gasteiger charge is 2.23. The fourth-order valence-electron chi connectivity index (χ4n) is 3.83. The number of carbonyl (C=O) groups is 1. The van der Waals surface area contributed by atoms with Crippen LogP contribution in [0.2, 0.25) is 0 Å². The number of aryl methyl sites for hydroxylation is 2. The van der Waals surface area contributed by atoms with Crippen molar-refractivity contribution < 1.29 is 18.7 Å². The summed E-state index contributed by atoms with van der Waals surface area (Å²) in [6.07, 6.45) is 1.37. The molecule has 0 fully saturated rings. The van der Waals surface area contributed by atoms with E-state index in [1.54, 1.807) is 23.6 Å². The Kier molecular flexibility index (Phi) is 7.05. The minimum atomic E-state index is -0.614. The third kappa shape index (κ3) is 4.85. The van der Waals surface area contributed by atoms with E-state index in [0.29, 0.717) is 34.2 Å². The van der Waals surface area contributed by atoms with E-state index in [9.17, 15) is 9.18 Å². The van der Waals surface area contributed by atoms with Crippen LogP contribution in [0.15, 0.2) is 45.5 Å². The topological polar surface area (TPSA) is 90.9 Å². The van der Waals surface area contributed by atoms with Gasteiger partial charge < -0.3 is 20.5 Å². The number of aromatic nitrogens is 2. The maximum atomic E-state index is 14.3. The third-order valence-electron chi connectivity index (χ3n) is 5.59. The number of fused-ring (bicyclic) bond motifs is 1. The van der Waals surface area contributed by atoms with Crippen LogP contribution in [-0.4, -0.2) is 29.0 Å². The number of ether oxygens (including phenoxy) is 2. The standard InChI is InChI=1S/C25H23Br2FN4O3/c1-12-7-16(34-4)9-18(35-11-19(29)33)21(12)24-25(32-10-15(28)5-6-20(32)30-24)31-23-13(2)8-17(26)14(3)22(23)27/h5-10,31H,11H2,1-4H3,(H2,29,33). The lowest BCUT2D eigenvalue weighted by molar-refractivity contribution is -0.119. The van der Waals surface area contributed by atoms with Crippen LogP contribution in [-0.2, 0) is 4.79 Å². The SMILES string of the molecule is COc1cc(C)c(-c2nc3ccc(F)cn3c2Nc2c(C)cc(Br)c(C)c2Br)c(OCC(N)=O)c1. The second-order valence-corrected chi connectivity index (χ2v) is 9.72. The van der Waals surface area contributed by atoms with Gasteiger partial charge in [-0.15, -0.1) is 0 Å². The maximum absolute atomic E-state index is 14.3. The summed E-state index contributed by atoms with van der Waals surface area (Å²) in [7, 11) is 1.54. The smallest absolute Gasteiger partial charge is 0.255 e. The molecule has 0 atom stereocenters. The highest BCUT2D eigenvalue weighted by molar-refractivity contribution is 9.11. The molecule has 2 heterocycles. The summed E-state index contributed by atoms with van der Waals surface area (Å²) in [5.74, 6) is 0.426. The number of primary amides is 1. The highest BCUT2D eigenvalue weighted by Crippen LogP contribution is 2.43. The van der Waals surface area contributed by atoms with Gasteiger partial charge in [0.1, 0.15) is 34.5 Å². The molecule has 0 aliphatic heterocycles.